The van der Waals surface area contributed by atoms with E-state index < -0.39 is 0 Å². The van der Waals surface area contributed by atoms with E-state index in [9.17, 15) is 0 Å². The van der Waals surface area contributed by atoms with E-state index in [1.165, 1.54) is 30.4 Å². The van der Waals surface area contributed by atoms with Crippen LogP contribution in [0.2, 0.25) is 0 Å². The molecule has 2 nitrogen and oxygen atoms in total. The van der Waals surface area contributed by atoms with Crippen molar-refractivity contribution in [2.45, 2.75) is 32.2 Å². The van der Waals surface area contributed by atoms with Crippen molar-refractivity contribution in [3.05, 3.63) is 35.4 Å². The SMILES string of the molecule is NCCc1ccc(CNCCC2CC2)cc1. The molecule has 0 heterocycles. The van der Waals surface area contributed by atoms with Crippen LogP contribution in [-0.4, -0.2) is 13.1 Å². The van der Waals surface area contributed by atoms with Crippen LogP contribution in [0.3, 0.4) is 0 Å². The lowest BCUT2D eigenvalue weighted by Crippen LogP contribution is -2.15. The van der Waals surface area contributed by atoms with E-state index >= 15 is 0 Å². The third-order valence-corrected chi connectivity index (χ3v) is 3.21. The fourth-order valence-electron chi connectivity index (χ4n) is 1.94. The molecule has 2 heteroatoms. The number of hydrogen-bond acceptors (Lipinski definition) is 2. The Balaban J connectivity index is 1.67. The predicted octanol–water partition coefficient (Wildman–Crippen LogP) is 2.08. The average molecular weight is 218 g/mol. The second kappa shape index (κ2) is 6.02. The first-order chi connectivity index (χ1) is 7.88. The van der Waals surface area contributed by atoms with Gasteiger partial charge in [-0.1, -0.05) is 37.1 Å². The van der Waals surface area contributed by atoms with Crippen molar-refractivity contribution in [1.82, 2.24) is 5.32 Å². The van der Waals surface area contributed by atoms with Gasteiger partial charge in [0.2, 0.25) is 0 Å². The van der Waals surface area contributed by atoms with E-state index in [4.69, 9.17) is 5.73 Å². The molecule has 1 aromatic rings. The van der Waals surface area contributed by atoms with Crippen molar-refractivity contribution in [3.63, 3.8) is 0 Å². The fourth-order valence-corrected chi connectivity index (χ4v) is 1.94. The summed E-state index contributed by atoms with van der Waals surface area (Å²) in [6, 6.07) is 8.78. The number of nitrogens with two attached hydrogens (primary N) is 1. The molecule has 88 valence electrons. The van der Waals surface area contributed by atoms with E-state index in [0.717, 1.165) is 32.0 Å². The number of nitrogens with one attached hydrogen (secondary N) is 1. The Bertz CT molecular complexity index is 301. The van der Waals surface area contributed by atoms with Crippen molar-refractivity contribution in [1.29, 1.82) is 0 Å². The van der Waals surface area contributed by atoms with Crippen LogP contribution in [0.25, 0.3) is 0 Å². The van der Waals surface area contributed by atoms with Crippen LogP contribution in [0.5, 0.6) is 0 Å². The van der Waals surface area contributed by atoms with Gasteiger partial charge in [-0.05, 0) is 43.0 Å². The van der Waals surface area contributed by atoms with Crippen LogP contribution in [0.1, 0.15) is 30.4 Å². The van der Waals surface area contributed by atoms with Gasteiger partial charge in [-0.3, -0.25) is 0 Å². The highest BCUT2D eigenvalue weighted by Gasteiger charge is 2.19. The smallest absolute Gasteiger partial charge is 0.0205 e. The zero-order valence-electron chi connectivity index (χ0n) is 9.91. The molecule has 16 heavy (non-hydrogen) atoms. The first-order valence-corrected chi connectivity index (χ1v) is 6.37. The Morgan fingerprint density at radius 1 is 1.12 bits per heavy atom. The predicted molar refractivity (Wildman–Crippen MR) is 68.2 cm³/mol. The van der Waals surface area contributed by atoms with Crippen LogP contribution < -0.4 is 11.1 Å². The van der Waals surface area contributed by atoms with E-state index in [2.05, 4.69) is 29.6 Å². The summed E-state index contributed by atoms with van der Waals surface area (Å²) >= 11 is 0. The van der Waals surface area contributed by atoms with Gasteiger partial charge in [-0.15, -0.1) is 0 Å². The molecule has 0 atom stereocenters. The summed E-state index contributed by atoms with van der Waals surface area (Å²) in [6.45, 7) is 2.89. The van der Waals surface area contributed by atoms with E-state index in [0.29, 0.717) is 0 Å². The lowest BCUT2D eigenvalue weighted by atomic mass is 10.1. The Hall–Kier alpha value is -0.860. The molecule has 0 amide bonds. The molecular formula is C14H22N2. The normalized spacial score (nSPS) is 15.3. The van der Waals surface area contributed by atoms with Gasteiger partial charge in [0, 0.05) is 6.54 Å². The van der Waals surface area contributed by atoms with Gasteiger partial charge in [0.05, 0.1) is 0 Å². The van der Waals surface area contributed by atoms with Crippen molar-refractivity contribution in [2.24, 2.45) is 11.7 Å². The van der Waals surface area contributed by atoms with Gasteiger partial charge < -0.3 is 11.1 Å². The Morgan fingerprint density at radius 2 is 1.81 bits per heavy atom. The number of rotatable bonds is 7. The molecule has 3 N–H and O–H groups in total. The van der Waals surface area contributed by atoms with E-state index in [1.807, 2.05) is 0 Å². The van der Waals surface area contributed by atoms with Crippen LogP contribution in [0.4, 0.5) is 0 Å². The monoisotopic (exact) mass is 218 g/mol. The summed E-state index contributed by atoms with van der Waals surface area (Å²) in [7, 11) is 0. The molecule has 2 rings (SSSR count). The minimum absolute atomic E-state index is 0.735. The van der Waals surface area contributed by atoms with Gasteiger partial charge in [0.15, 0.2) is 0 Å². The molecule has 1 fully saturated rings. The molecular weight excluding hydrogens is 196 g/mol. The van der Waals surface area contributed by atoms with E-state index in [1.54, 1.807) is 0 Å². The van der Waals surface area contributed by atoms with Crippen molar-refractivity contribution in [3.8, 4) is 0 Å². The quantitative estimate of drug-likeness (QED) is 0.688. The lowest BCUT2D eigenvalue weighted by molar-refractivity contribution is 0.613. The van der Waals surface area contributed by atoms with Gasteiger partial charge in [-0.25, -0.2) is 0 Å². The highest BCUT2D eigenvalue weighted by atomic mass is 14.8. The first-order valence-electron chi connectivity index (χ1n) is 6.37. The average Bonchev–Trinajstić information content (AvgIpc) is 3.11. The Kier molecular flexibility index (Phi) is 4.37. The third kappa shape index (κ3) is 3.95. The molecule has 1 aliphatic carbocycles. The second-order valence-electron chi connectivity index (χ2n) is 4.76. The molecule has 0 unspecified atom stereocenters. The first kappa shape index (κ1) is 11.6. The maximum absolute atomic E-state index is 5.52. The molecule has 0 aromatic heterocycles. The molecule has 0 radical (unpaired) electrons. The van der Waals surface area contributed by atoms with Gasteiger partial charge in [0.25, 0.3) is 0 Å². The van der Waals surface area contributed by atoms with Gasteiger partial charge >= 0.3 is 0 Å². The fraction of sp³-hybridized carbons (Fsp3) is 0.571. The zero-order valence-corrected chi connectivity index (χ0v) is 9.91. The lowest BCUT2D eigenvalue weighted by Gasteiger charge is -2.05. The Morgan fingerprint density at radius 3 is 2.44 bits per heavy atom. The summed E-state index contributed by atoms with van der Waals surface area (Å²) in [4.78, 5) is 0. The van der Waals surface area contributed by atoms with Crippen molar-refractivity contribution >= 4 is 0 Å². The highest BCUT2D eigenvalue weighted by Crippen LogP contribution is 2.31. The Labute approximate surface area is 98.2 Å². The molecule has 1 aliphatic rings. The summed E-state index contributed by atoms with van der Waals surface area (Å²) < 4.78 is 0. The van der Waals surface area contributed by atoms with Gasteiger partial charge in [-0.2, -0.15) is 0 Å². The van der Waals surface area contributed by atoms with Crippen LogP contribution in [-0.2, 0) is 13.0 Å². The summed E-state index contributed by atoms with van der Waals surface area (Å²) in [5, 5.41) is 3.50. The maximum Gasteiger partial charge on any atom is 0.0205 e. The van der Waals surface area contributed by atoms with Crippen LogP contribution >= 0.6 is 0 Å². The number of hydrogen-bond donors (Lipinski definition) is 2. The number of benzene rings is 1. The summed E-state index contributed by atoms with van der Waals surface area (Å²) in [6.07, 6.45) is 5.24. The van der Waals surface area contributed by atoms with E-state index in [-0.39, 0.29) is 0 Å². The molecule has 1 saturated carbocycles. The van der Waals surface area contributed by atoms with Gasteiger partial charge in [0.1, 0.15) is 0 Å². The maximum atomic E-state index is 5.52. The summed E-state index contributed by atoms with van der Waals surface area (Å²) in [5.74, 6) is 1.03. The minimum Gasteiger partial charge on any atom is -0.330 e. The topological polar surface area (TPSA) is 38.0 Å². The molecule has 0 aliphatic heterocycles. The minimum atomic E-state index is 0.735. The summed E-state index contributed by atoms with van der Waals surface area (Å²) in [5.41, 5.74) is 8.23. The molecule has 0 saturated heterocycles. The third-order valence-electron chi connectivity index (χ3n) is 3.21. The zero-order chi connectivity index (χ0) is 11.2. The largest absolute Gasteiger partial charge is 0.330 e. The standard InChI is InChI=1S/C14H22N2/c15-9-7-12-3-5-14(6-4-12)11-16-10-8-13-1-2-13/h3-6,13,16H,1-2,7-11,15H2. The highest BCUT2D eigenvalue weighted by molar-refractivity contribution is 5.22. The van der Waals surface area contributed by atoms with Crippen molar-refractivity contribution in [2.75, 3.05) is 13.1 Å². The molecule has 0 spiro atoms. The van der Waals surface area contributed by atoms with Crippen LogP contribution in [0.15, 0.2) is 24.3 Å². The second-order valence-corrected chi connectivity index (χ2v) is 4.76. The molecule has 0 bridgehead atoms. The van der Waals surface area contributed by atoms with Crippen LogP contribution in [0, 0.1) is 5.92 Å². The molecule has 1 aromatic carbocycles. The van der Waals surface area contributed by atoms with Crippen molar-refractivity contribution < 1.29 is 0 Å².